The standard InChI is InChI=1S/C5H11.2CH3NO.Ta/c1-3-5-4-2;2*2-1-3;/h1,3-5H2,2H3;2*1H,(H2,2,3);/q-1;;;/p-2. The van der Waals surface area contributed by atoms with Crippen LogP contribution in [0.1, 0.15) is 26.2 Å². The van der Waals surface area contributed by atoms with Gasteiger partial charge in [0.1, 0.15) is 0 Å². The Hall–Kier alpha value is -0.320. The first kappa shape index (κ1) is 22.6. The van der Waals surface area contributed by atoms with Crippen LogP contribution in [-0.4, -0.2) is 12.8 Å². The number of hydrogen-bond acceptors (Lipinski definition) is 2. The molecule has 0 bridgehead atoms. The minimum absolute atomic E-state index is 0. The van der Waals surface area contributed by atoms with E-state index >= 15 is 0 Å². The van der Waals surface area contributed by atoms with Gasteiger partial charge in [0.15, 0.2) is 0 Å². The number of carbonyl (C=O) groups is 2. The van der Waals surface area contributed by atoms with Gasteiger partial charge in [0.25, 0.3) is 0 Å². The third kappa shape index (κ3) is 258. The van der Waals surface area contributed by atoms with Gasteiger partial charge in [-0.05, 0) is 0 Å². The summed E-state index contributed by atoms with van der Waals surface area (Å²) >= 11 is 0. The molecule has 0 aromatic carbocycles. The van der Waals surface area contributed by atoms with E-state index in [4.69, 9.17) is 21.1 Å². The number of hydrogen-bond donors (Lipinski definition) is 0. The zero-order valence-corrected chi connectivity index (χ0v) is 10.5. The third-order valence-electron chi connectivity index (χ3n) is 0.604. The molecule has 0 fully saturated rings. The summed E-state index contributed by atoms with van der Waals surface area (Å²) in [7, 11) is 0. The van der Waals surface area contributed by atoms with Gasteiger partial charge in [-0.15, -0.1) is 0 Å². The summed E-state index contributed by atoms with van der Waals surface area (Å²) in [5, 5.41) is 0. The number of amides is 2. The van der Waals surface area contributed by atoms with Gasteiger partial charge in [-0.2, -0.15) is 6.42 Å². The molecular weight excluding hydrogens is 325 g/mol. The van der Waals surface area contributed by atoms with Gasteiger partial charge in [-0.1, -0.05) is 19.8 Å². The fourth-order valence-electron chi connectivity index (χ4n) is 0.250. The van der Waals surface area contributed by atoms with E-state index in [2.05, 4.69) is 13.8 Å². The predicted molar refractivity (Wildman–Crippen MR) is 45.7 cm³/mol. The molecule has 2 N–H and O–H groups in total. The summed E-state index contributed by atoms with van der Waals surface area (Å²) < 4.78 is 0. The molecule has 0 saturated carbocycles. The molecule has 0 atom stereocenters. The smallest absolute Gasteiger partial charge is 0.0344 e. The average Bonchev–Trinajstić information content (AvgIpc) is 1.92. The Labute approximate surface area is 89.6 Å². The fraction of sp³-hybridized carbons (Fsp3) is 0.571. The summed E-state index contributed by atoms with van der Waals surface area (Å²) in [5.41, 5.74) is 11.1. The van der Waals surface area contributed by atoms with E-state index in [1.165, 1.54) is 12.8 Å². The van der Waals surface area contributed by atoms with Crippen LogP contribution in [0.25, 0.3) is 11.5 Å². The zero-order valence-electron chi connectivity index (χ0n) is 7.25. The molecule has 5 heteroatoms. The number of rotatable bonds is 2. The molecule has 0 spiro atoms. The van der Waals surface area contributed by atoms with Crippen molar-refractivity contribution in [3.8, 4) is 0 Å². The predicted octanol–water partition coefficient (Wildman–Crippen LogP) is 2.40. The fourth-order valence-corrected chi connectivity index (χ4v) is 0.250. The maximum Gasteiger partial charge on any atom is 0.0344 e. The molecule has 0 aromatic rings. The summed E-state index contributed by atoms with van der Waals surface area (Å²) in [5.74, 6) is 0. The molecule has 0 unspecified atom stereocenters. The molecule has 0 saturated heterocycles. The summed E-state index contributed by atoms with van der Waals surface area (Å²) in [6.07, 6.45) is 3.65. The maximum absolute atomic E-state index is 8.47. The van der Waals surface area contributed by atoms with Gasteiger partial charge in [-0.3, -0.25) is 0 Å². The molecule has 2 amide bonds. The van der Waals surface area contributed by atoms with E-state index < -0.39 is 0 Å². The maximum atomic E-state index is 8.47. The molecule has 0 heterocycles. The van der Waals surface area contributed by atoms with Crippen LogP contribution in [0.5, 0.6) is 0 Å². The van der Waals surface area contributed by atoms with Crippen molar-refractivity contribution >= 4 is 12.8 Å². The molecule has 73 valence electrons. The molecule has 12 heavy (non-hydrogen) atoms. The quantitative estimate of drug-likeness (QED) is 0.571. The number of unbranched alkanes of at least 4 members (excludes halogenated alkanes) is 2. The van der Waals surface area contributed by atoms with Crippen LogP contribution in [0, 0.1) is 6.92 Å². The van der Waals surface area contributed by atoms with Gasteiger partial charge in [0.2, 0.25) is 0 Å². The van der Waals surface area contributed by atoms with Crippen molar-refractivity contribution in [2.75, 3.05) is 0 Å². The second-order valence-electron chi connectivity index (χ2n) is 1.44. The van der Waals surface area contributed by atoms with Crippen molar-refractivity contribution in [1.29, 1.82) is 0 Å². The molecule has 0 aliphatic carbocycles. The van der Waals surface area contributed by atoms with Crippen molar-refractivity contribution in [3.05, 3.63) is 18.4 Å². The minimum atomic E-state index is 0. The van der Waals surface area contributed by atoms with Crippen LogP contribution < -0.4 is 0 Å². The topological polar surface area (TPSA) is 81.7 Å². The van der Waals surface area contributed by atoms with E-state index in [1.54, 1.807) is 0 Å². The monoisotopic (exact) mass is 340 g/mol. The first-order chi connectivity index (χ1) is 5.24. The first-order valence-corrected chi connectivity index (χ1v) is 3.26. The van der Waals surface area contributed by atoms with Crippen LogP contribution in [-0.2, 0) is 32.0 Å². The second-order valence-corrected chi connectivity index (χ2v) is 1.44. The van der Waals surface area contributed by atoms with Crippen molar-refractivity contribution in [1.82, 2.24) is 0 Å². The molecule has 0 rings (SSSR count). The van der Waals surface area contributed by atoms with Crippen LogP contribution in [0.15, 0.2) is 0 Å². The molecule has 1 radical (unpaired) electrons. The number of nitrogens with one attached hydrogen (secondary N) is 2. The van der Waals surface area contributed by atoms with Crippen LogP contribution in [0.3, 0.4) is 0 Å². The first-order valence-electron chi connectivity index (χ1n) is 3.26. The Morgan fingerprint density at radius 2 is 1.50 bits per heavy atom. The molecule has 0 aliphatic heterocycles. The SMILES string of the molecule is [CH2-]CCCC.[NH-]C=O.[NH-]C=O.[Ta]. The van der Waals surface area contributed by atoms with Crippen molar-refractivity contribution in [2.45, 2.75) is 26.2 Å². The third-order valence-corrected chi connectivity index (χ3v) is 0.604. The van der Waals surface area contributed by atoms with Gasteiger partial charge in [0, 0.05) is 35.2 Å². The molecule has 0 aliphatic rings. The van der Waals surface area contributed by atoms with E-state index in [9.17, 15) is 0 Å². The van der Waals surface area contributed by atoms with Crippen molar-refractivity contribution in [2.24, 2.45) is 0 Å². The largest absolute Gasteiger partial charge is 0.671 e. The Morgan fingerprint density at radius 3 is 1.50 bits per heavy atom. The van der Waals surface area contributed by atoms with Crippen LogP contribution >= 0.6 is 0 Å². The van der Waals surface area contributed by atoms with Crippen LogP contribution in [0.2, 0.25) is 0 Å². The minimum Gasteiger partial charge on any atom is -0.671 e. The van der Waals surface area contributed by atoms with E-state index in [0.717, 1.165) is 6.42 Å². The Bertz CT molecular complexity index is 64.4. The Kier molecular flexibility index (Phi) is 86.0. The molecule has 4 nitrogen and oxygen atoms in total. The van der Waals surface area contributed by atoms with Crippen LogP contribution in [0.4, 0.5) is 0 Å². The van der Waals surface area contributed by atoms with E-state index in [-0.39, 0.29) is 35.2 Å². The van der Waals surface area contributed by atoms with E-state index in [0.29, 0.717) is 0 Å². The number of carbonyl (C=O) groups excluding carboxylic acids is 2. The summed E-state index contributed by atoms with van der Waals surface area (Å²) in [6.45, 7) is 5.85. The average molecular weight is 340 g/mol. The van der Waals surface area contributed by atoms with Crippen molar-refractivity contribution in [3.63, 3.8) is 0 Å². The zero-order chi connectivity index (χ0) is 9.54. The normalized spacial score (nSPS) is 5.50. The van der Waals surface area contributed by atoms with Gasteiger partial charge in [0.05, 0.1) is 0 Å². The van der Waals surface area contributed by atoms with Gasteiger partial charge >= 0.3 is 0 Å². The Morgan fingerprint density at radius 1 is 1.25 bits per heavy atom. The van der Waals surface area contributed by atoms with Gasteiger partial charge < -0.3 is 28.0 Å². The summed E-state index contributed by atoms with van der Waals surface area (Å²) in [6, 6.07) is 0. The van der Waals surface area contributed by atoms with Crippen molar-refractivity contribution < 1.29 is 32.0 Å². The summed E-state index contributed by atoms with van der Waals surface area (Å²) in [4.78, 5) is 16.9. The molecule has 0 aromatic heterocycles. The van der Waals surface area contributed by atoms with E-state index in [1.807, 2.05) is 0 Å². The second kappa shape index (κ2) is 45.7. The molecular formula is C7H15N2O2Ta-3. The Balaban J connectivity index is -0.0000000406. The van der Waals surface area contributed by atoms with Gasteiger partial charge in [-0.25, -0.2) is 0 Å².